The summed E-state index contributed by atoms with van der Waals surface area (Å²) in [5.74, 6) is 0. The normalized spacial score (nSPS) is 19.5. The lowest BCUT2D eigenvalue weighted by atomic mass is 10.1. The summed E-state index contributed by atoms with van der Waals surface area (Å²) in [6, 6.07) is 0. The molecule has 1 saturated heterocycles. The van der Waals surface area contributed by atoms with E-state index in [1.807, 2.05) is 6.08 Å². The molecule has 0 aliphatic carbocycles. The molecule has 0 spiro atoms. The first-order valence-corrected chi connectivity index (χ1v) is 7.74. The van der Waals surface area contributed by atoms with Crippen LogP contribution in [-0.4, -0.2) is 30.7 Å². The van der Waals surface area contributed by atoms with E-state index in [0.717, 1.165) is 25.5 Å². The zero-order valence-corrected chi connectivity index (χ0v) is 13.0. The highest BCUT2D eigenvalue weighted by atomic mass is 19.4. The molecule has 1 aliphatic rings. The van der Waals surface area contributed by atoms with Crippen LogP contribution in [-0.2, 0) is 0 Å². The van der Waals surface area contributed by atoms with Gasteiger partial charge >= 0.3 is 6.18 Å². The van der Waals surface area contributed by atoms with Crippen LogP contribution in [0.25, 0.3) is 0 Å². The average Bonchev–Trinajstić information content (AvgIpc) is 2.44. The van der Waals surface area contributed by atoms with E-state index in [4.69, 9.17) is 0 Å². The number of unbranched alkanes of at least 4 members (excludes halogenated alkanes) is 1. The summed E-state index contributed by atoms with van der Waals surface area (Å²) in [6.45, 7) is 6.60. The minimum Gasteiger partial charge on any atom is -0.303 e. The van der Waals surface area contributed by atoms with Gasteiger partial charge in [0, 0.05) is 0 Å². The predicted octanol–water partition coefficient (Wildman–Crippen LogP) is 5.26. The Hall–Kier alpha value is -1.03. The van der Waals surface area contributed by atoms with E-state index < -0.39 is 11.7 Å². The molecule has 0 aromatic heterocycles. The summed E-state index contributed by atoms with van der Waals surface area (Å²) in [4.78, 5) is 2.47. The Bertz CT molecular complexity index is 385. The van der Waals surface area contributed by atoms with Gasteiger partial charge in [0.2, 0.25) is 0 Å². The SMILES string of the molecule is C\C=C(/C=C(C)\C=C\CCCN1CCCCC1)C(F)(F)F. The van der Waals surface area contributed by atoms with Crippen molar-refractivity contribution in [2.45, 2.75) is 52.1 Å². The summed E-state index contributed by atoms with van der Waals surface area (Å²) in [6.07, 6.45) is 7.70. The van der Waals surface area contributed by atoms with Gasteiger partial charge in [0.1, 0.15) is 0 Å². The number of allylic oxidation sites excluding steroid dienone is 6. The van der Waals surface area contributed by atoms with Crippen LogP contribution in [0.2, 0.25) is 0 Å². The standard InChI is InChI=1S/C17H26F3N/c1-3-16(17(18,19)20)14-15(2)10-6-4-7-11-21-12-8-5-9-13-21/h3,6,10,14H,4-5,7-9,11-13H2,1-2H3/b10-6+,15-14-,16-3+. The highest BCUT2D eigenvalue weighted by Gasteiger charge is 2.31. The quantitative estimate of drug-likeness (QED) is 0.477. The number of nitrogens with zero attached hydrogens (tertiary/aromatic N) is 1. The van der Waals surface area contributed by atoms with E-state index in [1.54, 1.807) is 13.0 Å². The van der Waals surface area contributed by atoms with E-state index in [1.165, 1.54) is 45.4 Å². The number of rotatable bonds is 6. The van der Waals surface area contributed by atoms with E-state index in [-0.39, 0.29) is 0 Å². The Morgan fingerprint density at radius 1 is 1.14 bits per heavy atom. The first-order chi connectivity index (χ1) is 9.93. The monoisotopic (exact) mass is 301 g/mol. The van der Waals surface area contributed by atoms with E-state index in [9.17, 15) is 13.2 Å². The summed E-state index contributed by atoms with van der Waals surface area (Å²) in [5, 5.41) is 0. The van der Waals surface area contributed by atoms with Crippen molar-refractivity contribution in [1.82, 2.24) is 4.90 Å². The lowest BCUT2D eigenvalue weighted by Crippen LogP contribution is -2.30. The second-order valence-electron chi connectivity index (χ2n) is 5.58. The number of hydrogen-bond acceptors (Lipinski definition) is 1. The summed E-state index contributed by atoms with van der Waals surface area (Å²) in [5.41, 5.74) is 0.0522. The lowest BCUT2D eigenvalue weighted by Gasteiger charge is -2.25. The number of hydrogen-bond donors (Lipinski definition) is 0. The fourth-order valence-electron chi connectivity index (χ4n) is 2.51. The van der Waals surface area contributed by atoms with Gasteiger partial charge in [0.05, 0.1) is 5.57 Å². The van der Waals surface area contributed by atoms with Gasteiger partial charge in [0.15, 0.2) is 0 Å². The van der Waals surface area contributed by atoms with Crippen molar-refractivity contribution in [1.29, 1.82) is 0 Å². The second-order valence-corrected chi connectivity index (χ2v) is 5.58. The van der Waals surface area contributed by atoms with Crippen LogP contribution >= 0.6 is 0 Å². The average molecular weight is 301 g/mol. The summed E-state index contributed by atoms with van der Waals surface area (Å²) in [7, 11) is 0. The van der Waals surface area contributed by atoms with Crippen molar-refractivity contribution in [2.24, 2.45) is 0 Å². The molecule has 1 aliphatic heterocycles. The Labute approximate surface area is 126 Å². The zero-order chi connectivity index (χ0) is 15.7. The molecule has 4 heteroatoms. The Kier molecular flexibility index (Phi) is 7.79. The van der Waals surface area contributed by atoms with Gasteiger partial charge in [0.25, 0.3) is 0 Å². The van der Waals surface area contributed by atoms with Gasteiger partial charge < -0.3 is 4.90 Å². The minimum absolute atomic E-state index is 0.585. The first kappa shape index (κ1) is 18.0. The Balaban J connectivity index is 2.31. The third-order valence-electron chi connectivity index (χ3n) is 3.70. The van der Waals surface area contributed by atoms with Crippen LogP contribution in [0, 0.1) is 0 Å². The molecule has 1 heterocycles. The van der Waals surface area contributed by atoms with Gasteiger partial charge in [-0.2, -0.15) is 13.2 Å². The van der Waals surface area contributed by atoms with Crippen LogP contribution < -0.4 is 0 Å². The van der Waals surface area contributed by atoms with Crippen LogP contribution in [0.15, 0.2) is 35.5 Å². The smallest absolute Gasteiger partial charge is 0.303 e. The largest absolute Gasteiger partial charge is 0.416 e. The second kappa shape index (κ2) is 9.08. The van der Waals surface area contributed by atoms with Crippen molar-refractivity contribution in [2.75, 3.05) is 19.6 Å². The summed E-state index contributed by atoms with van der Waals surface area (Å²) >= 11 is 0. The molecular weight excluding hydrogens is 275 g/mol. The molecule has 1 nitrogen and oxygen atoms in total. The maximum Gasteiger partial charge on any atom is 0.416 e. The Morgan fingerprint density at radius 3 is 2.38 bits per heavy atom. The van der Waals surface area contributed by atoms with Crippen LogP contribution in [0.5, 0.6) is 0 Å². The van der Waals surface area contributed by atoms with Gasteiger partial charge in [-0.05, 0) is 65.2 Å². The topological polar surface area (TPSA) is 3.24 Å². The molecule has 0 amide bonds. The molecule has 1 fully saturated rings. The van der Waals surface area contributed by atoms with E-state index >= 15 is 0 Å². The number of piperidine rings is 1. The zero-order valence-electron chi connectivity index (χ0n) is 13.0. The number of likely N-dealkylation sites (tertiary alicyclic amines) is 1. The molecule has 21 heavy (non-hydrogen) atoms. The maximum atomic E-state index is 12.6. The summed E-state index contributed by atoms with van der Waals surface area (Å²) < 4.78 is 37.8. The van der Waals surface area contributed by atoms with E-state index in [2.05, 4.69) is 4.90 Å². The maximum absolute atomic E-state index is 12.6. The molecule has 0 aromatic carbocycles. The fourth-order valence-corrected chi connectivity index (χ4v) is 2.51. The van der Waals surface area contributed by atoms with Crippen molar-refractivity contribution in [3.8, 4) is 0 Å². The molecule has 1 rings (SSSR count). The van der Waals surface area contributed by atoms with Gasteiger partial charge in [-0.15, -0.1) is 0 Å². The van der Waals surface area contributed by atoms with E-state index in [0.29, 0.717) is 5.57 Å². The first-order valence-electron chi connectivity index (χ1n) is 7.74. The van der Waals surface area contributed by atoms with Crippen molar-refractivity contribution in [3.05, 3.63) is 35.5 Å². The predicted molar refractivity (Wildman–Crippen MR) is 82.2 cm³/mol. The third-order valence-corrected chi connectivity index (χ3v) is 3.70. The van der Waals surface area contributed by atoms with Crippen LogP contribution in [0.3, 0.4) is 0 Å². The molecule has 0 atom stereocenters. The number of alkyl halides is 3. The Morgan fingerprint density at radius 2 is 1.81 bits per heavy atom. The molecule has 0 saturated carbocycles. The molecular formula is C17H26F3N. The van der Waals surface area contributed by atoms with Crippen molar-refractivity contribution >= 4 is 0 Å². The van der Waals surface area contributed by atoms with Gasteiger partial charge in [-0.3, -0.25) is 0 Å². The highest BCUT2D eigenvalue weighted by molar-refractivity contribution is 5.31. The molecule has 0 N–H and O–H groups in total. The van der Waals surface area contributed by atoms with Crippen molar-refractivity contribution in [3.63, 3.8) is 0 Å². The molecule has 120 valence electrons. The minimum atomic E-state index is -4.27. The van der Waals surface area contributed by atoms with Crippen LogP contribution in [0.4, 0.5) is 13.2 Å². The highest BCUT2D eigenvalue weighted by Crippen LogP contribution is 2.27. The molecule has 0 bridgehead atoms. The molecule has 0 unspecified atom stereocenters. The fraction of sp³-hybridized carbons (Fsp3) is 0.647. The van der Waals surface area contributed by atoms with Crippen LogP contribution in [0.1, 0.15) is 46.0 Å². The lowest BCUT2D eigenvalue weighted by molar-refractivity contribution is -0.0883. The molecule has 0 radical (unpaired) electrons. The van der Waals surface area contributed by atoms with Crippen molar-refractivity contribution < 1.29 is 13.2 Å². The molecule has 0 aromatic rings. The third kappa shape index (κ3) is 7.51. The van der Waals surface area contributed by atoms with Gasteiger partial charge in [-0.25, -0.2) is 0 Å². The van der Waals surface area contributed by atoms with Gasteiger partial charge in [-0.1, -0.05) is 30.2 Å². The number of halogens is 3.